The van der Waals surface area contributed by atoms with E-state index in [9.17, 15) is 0 Å². The van der Waals surface area contributed by atoms with Gasteiger partial charge in [0, 0.05) is 13.1 Å². The van der Waals surface area contributed by atoms with Gasteiger partial charge in [0.15, 0.2) is 0 Å². The molecule has 1 heterocycles. The summed E-state index contributed by atoms with van der Waals surface area (Å²) >= 11 is 0. The zero-order chi connectivity index (χ0) is 8.82. The summed E-state index contributed by atoms with van der Waals surface area (Å²) in [4.78, 5) is 0. The Hall–Kier alpha value is -0.0400. The molecule has 70 valence electrons. The third-order valence-electron chi connectivity index (χ3n) is 3.93. The van der Waals surface area contributed by atoms with E-state index in [1.165, 1.54) is 32.4 Å². The molecule has 2 aliphatic rings. The maximum absolute atomic E-state index is 3.42. The molecule has 2 fully saturated rings. The Labute approximate surface area is 75.9 Å². The SMILES string of the molecule is CC(C)(C)[C@H]1CCC2(CNC2)C1. The molecule has 0 aromatic rings. The van der Waals surface area contributed by atoms with Crippen LogP contribution in [0.1, 0.15) is 40.0 Å². The molecule has 1 heteroatoms. The summed E-state index contributed by atoms with van der Waals surface area (Å²) < 4.78 is 0. The Morgan fingerprint density at radius 2 is 1.92 bits per heavy atom. The average molecular weight is 167 g/mol. The Morgan fingerprint density at radius 3 is 2.17 bits per heavy atom. The number of nitrogens with one attached hydrogen (secondary N) is 1. The van der Waals surface area contributed by atoms with Crippen LogP contribution >= 0.6 is 0 Å². The second-order valence-electron chi connectivity index (χ2n) is 5.91. The molecule has 0 aromatic carbocycles. The quantitative estimate of drug-likeness (QED) is 0.584. The Kier molecular flexibility index (Phi) is 1.76. The van der Waals surface area contributed by atoms with Gasteiger partial charge in [0.1, 0.15) is 0 Å². The fourth-order valence-electron chi connectivity index (χ4n) is 2.75. The molecule has 1 spiro atoms. The van der Waals surface area contributed by atoms with Crippen molar-refractivity contribution < 1.29 is 0 Å². The van der Waals surface area contributed by atoms with Crippen LogP contribution in [0.2, 0.25) is 0 Å². The molecule has 1 atom stereocenters. The lowest BCUT2D eigenvalue weighted by Crippen LogP contribution is -2.52. The van der Waals surface area contributed by atoms with Crippen molar-refractivity contribution >= 4 is 0 Å². The van der Waals surface area contributed by atoms with E-state index in [2.05, 4.69) is 26.1 Å². The van der Waals surface area contributed by atoms with Gasteiger partial charge in [0.05, 0.1) is 0 Å². The van der Waals surface area contributed by atoms with Gasteiger partial charge in [-0.05, 0) is 36.0 Å². The molecule has 0 amide bonds. The fourth-order valence-corrected chi connectivity index (χ4v) is 2.75. The van der Waals surface area contributed by atoms with Gasteiger partial charge in [0.2, 0.25) is 0 Å². The van der Waals surface area contributed by atoms with Crippen molar-refractivity contribution in [1.29, 1.82) is 0 Å². The second-order valence-corrected chi connectivity index (χ2v) is 5.91. The van der Waals surface area contributed by atoms with E-state index in [1.54, 1.807) is 0 Å². The first-order valence-electron chi connectivity index (χ1n) is 5.23. The lowest BCUT2D eigenvalue weighted by molar-refractivity contribution is 0.146. The first-order valence-corrected chi connectivity index (χ1v) is 5.23. The van der Waals surface area contributed by atoms with E-state index >= 15 is 0 Å². The maximum Gasteiger partial charge on any atom is 0.00203 e. The average Bonchev–Trinajstić information content (AvgIpc) is 2.26. The molecular formula is C11H21N. The second kappa shape index (κ2) is 2.47. The van der Waals surface area contributed by atoms with Crippen molar-refractivity contribution in [3.05, 3.63) is 0 Å². The Bertz CT molecular complexity index is 174. The zero-order valence-electron chi connectivity index (χ0n) is 8.61. The molecule has 1 nitrogen and oxygen atoms in total. The highest BCUT2D eigenvalue weighted by atomic mass is 15.0. The highest BCUT2D eigenvalue weighted by Crippen LogP contribution is 2.50. The summed E-state index contributed by atoms with van der Waals surface area (Å²) in [5.74, 6) is 0.972. The predicted octanol–water partition coefficient (Wildman–Crippen LogP) is 2.42. The van der Waals surface area contributed by atoms with Gasteiger partial charge in [-0.15, -0.1) is 0 Å². The van der Waals surface area contributed by atoms with Crippen molar-refractivity contribution in [2.45, 2.75) is 40.0 Å². The lowest BCUT2D eigenvalue weighted by Gasteiger charge is -2.40. The van der Waals surface area contributed by atoms with Crippen LogP contribution in [0.3, 0.4) is 0 Å². The zero-order valence-corrected chi connectivity index (χ0v) is 8.61. The van der Waals surface area contributed by atoms with Crippen molar-refractivity contribution in [2.75, 3.05) is 13.1 Å². The van der Waals surface area contributed by atoms with Gasteiger partial charge in [-0.2, -0.15) is 0 Å². The molecule has 1 N–H and O–H groups in total. The summed E-state index contributed by atoms with van der Waals surface area (Å²) in [5, 5.41) is 3.42. The van der Waals surface area contributed by atoms with E-state index < -0.39 is 0 Å². The van der Waals surface area contributed by atoms with Crippen LogP contribution in [0.4, 0.5) is 0 Å². The molecule has 1 aliphatic carbocycles. The predicted molar refractivity (Wildman–Crippen MR) is 52.1 cm³/mol. The lowest BCUT2D eigenvalue weighted by atomic mass is 9.74. The molecule has 0 radical (unpaired) electrons. The van der Waals surface area contributed by atoms with Gasteiger partial charge in [0.25, 0.3) is 0 Å². The standard InChI is InChI=1S/C11H21N/c1-10(2,3)9-4-5-11(6-9)7-12-8-11/h9,12H,4-8H2,1-3H3/t9-/m0/s1. The van der Waals surface area contributed by atoms with Crippen LogP contribution in [0.25, 0.3) is 0 Å². The van der Waals surface area contributed by atoms with Crippen molar-refractivity contribution in [2.24, 2.45) is 16.7 Å². The normalized spacial score (nSPS) is 33.8. The van der Waals surface area contributed by atoms with Gasteiger partial charge in [-0.3, -0.25) is 0 Å². The fraction of sp³-hybridized carbons (Fsp3) is 1.00. The van der Waals surface area contributed by atoms with E-state index in [1.807, 2.05) is 0 Å². The molecule has 2 rings (SSSR count). The minimum atomic E-state index is 0.541. The largest absolute Gasteiger partial charge is 0.316 e. The third kappa shape index (κ3) is 1.28. The van der Waals surface area contributed by atoms with Crippen LogP contribution in [0, 0.1) is 16.7 Å². The third-order valence-corrected chi connectivity index (χ3v) is 3.93. The van der Waals surface area contributed by atoms with Crippen LogP contribution in [-0.2, 0) is 0 Å². The van der Waals surface area contributed by atoms with E-state index in [-0.39, 0.29) is 0 Å². The van der Waals surface area contributed by atoms with Gasteiger partial charge < -0.3 is 5.32 Å². The molecule has 1 saturated carbocycles. The molecule has 1 saturated heterocycles. The summed E-state index contributed by atoms with van der Waals surface area (Å²) in [7, 11) is 0. The van der Waals surface area contributed by atoms with Crippen LogP contribution in [0.15, 0.2) is 0 Å². The van der Waals surface area contributed by atoms with E-state index in [0.717, 1.165) is 11.3 Å². The van der Waals surface area contributed by atoms with Gasteiger partial charge >= 0.3 is 0 Å². The number of hydrogen-bond acceptors (Lipinski definition) is 1. The molecular weight excluding hydrogens is 146 g/mol. The Balaban J connectivity index is 1.98. The number of hydrogen-bond donors (Lipinski definition) is 1. The minimum Gasteiger partial charge on any atom is -0.316 e. The molecule has 0 unspecified atom stereocenters. The number of rotatable bonds is 0. The van der Waals surface area contributed by atoms with Crippen molar-refractivity contribution in [3.8, 4) is 0 Å². The van der Waals surface area contributed by atoms with Gasteiger partial charge in [-0.25, -0.2) is 0 Å². The summed E-state index contributed by atoms with van der Waals surface area (Å²) in [6.07, 6.45) is 4.41. The van der Waals surface area contributed by atoms with Crippen LogP contribution < -0.4 is 5.32 Å². The highest BCUT2D eigenvalue weighted by Gasteiger charge is 2.46. The molecule has 12 heavy (non-hydrogen) atoms. The summed E-state index contributed by atoms with van der Waals surface area (Å²) in [6.45, 7) is 9.76. The first-order chi connectivity index (χ1) is 5.52. The Morgan fingerprint density at radius 1 is 1.25 bits per heavy atom. The van der Waals surface area contributed by atoms with Crippen LogP contribution in [-0.4, -0.2) is 13.1 Å². The van der Waals surface area contributed by atoms with Crippen molar-refractivity contribution in [3.63, 3.8) is 0 Å². The topological polar surface area (TPSA) is 12.0 Å². The monoisotopic (exact) mass is 167 g/mol. The van der Waals surface area contributed by atoms with Crippen molar-refractivity contribution in [1.82, 2.24) is 5.32 Å². The maximum atomic E-state index is 3.42. The summed E-state index contributed by atoms with van der Waals surface area (Å²) in [5.41, 5.74) is 1.27. The van der Waals surface area contributed by atoms with Crippen LogP contribution in [0.5, 0.6) is 0 Å². The molecule has 0 bridgehead atoms. The first kappa shape index (κ1) is 8.55. The van der Waals surface area contributed by atoms with Gasteiger partial charge in [-0.1, -0.05) is 20.8 Å². The van der Waals surface area contributed by atoms with E-state index in [0.29, 0.717) is 5.41 Å². The molecule has 1 aliphatic heterocycles. The summed E-state index contributed by atoms with van der Waals surface area (Å²) in [6, 6.07) is 0. The smallest absolute Gasteiger partial charge is 0.00203 e. The molecule has 0 aromatic heterocycles. The highest BCUT2D eigenvalue weighted by molar-refractivity contribution is 5.00. The minimum absolute atomic E-state index is 0.541. The van der Waals surface area contributed by atoms with E-state index in [4.69, 9.17) is 0 Å².